The molecule has 1 atom stereocenters. The van der Waals surface area contributed by atoms with E-state index in [1.165, 1.54) is 27.9 Å². The van der Waals surface area contributed by atoms with E-state index in [0.29, 0.717) is 6.04 Å². The third-order valence-corrected chi connectivity index (χ3v) is 3.91. The van der Waals surface area contributed by atoms with Crippen molar-refractivity contribution < 1.29 is 0 Å². The van der Waals surface area contributed by atoms with E-state index < -0.39 is 0 Å². The van der Waals surface area contributed by atoms with Crippen LogP contribution in [0.15, 0.2) is 42.5 Å². The Balaban J connectivity index is 2.19. The van der Waals surface area contributed by atoms with Crippen LogP contribution in [0.2, 0.25) is 0 Å². The third-order valence-electron chi connectivity index (χ3n) is 3.91. The van der Waals surface area contributed by atoms with E-state index in [-0.39, 0.29) is 0 Å². The van der Waals surface area contributed by atoms with Gasteiger partial charge in [0, 0.05) is 18.3 Å². The van der Waals surface area contributed by atoms with Crippen LogP contribution in [-0.4, -0.2) is 19.0 Å². The van der Waals surface area contributed by atoms with Gasteiger partial charge in [0.2, 0.25) is 0 Å². The Morgan fingerprint density at radius 1 is 1.00 bits per heavy atom. The minimum absolute atomic E-state index is 0.299. The molecule has 112 valence electrons. The first-order valence-corrected chi connectivity index (χ1v) is 7.53. The molecule has 1 unspecified atom stereocenters. The number of aryl methyl sites for hydroxylation is 2. The zero-order valence-corrected chi connectivity index (χ0v) is 13.8. The second-order valence-electron chi connectivity index (χ2n) is 6.10. The summed E-state index contributed by atoms with van der Waals surface area (Å²) in [6, 6.07) is 15.5. The Morgan fingerprint density at radius 3 is 2.38 bits per heavy atom. The van der Waals surface area contributed by atoms with Crippen molar-refractivity contribution in [3.63, 3.8) is 0 Å². The summed E-state index contributed by atoms with van der Waals surface area (Å²) in [5.41, 5.74) is 6.58. The lowest BCUT2D eigenvalue weighted by atomic mass is 10.0. The van der Waals surface area contributed by atoms with Crippen LogP contribution >= 0.6 is 0 Å². The summed E-state index contributed by atoms with van der Waals surface area (Å²) in [5, 5.41) is 3.65. The quantitative estimate of drug-likeness (QED) is 0.866. The van der Waals surface area contributed by atoms with Crippen molar-refractivity contribution in [1.82, 2.24) is 4.90 Å². The Hall–Kier alpha value is -1.80. The van der Waals surface area contributed by atoms with E-state index in [9.17, 15) is 0 Å². The van der Waals surface area contributed by atoms with Crippen molar-refractivity contribution in [2.75, 3.05) is 19.4 Å². The fraction of sp³-hybridized carbons (Fsp3) is 0.368. The fourth-order valence-corrected chi connectivity index (χ4v) is 2.49. The Morgan fingerprint density at radius 2 is 1.71 bits per heavy atom. The number of anilines is 1. The number of nitrogens with zero attached hydrogens (tertiary/aromatic N) is 1. The molecule has 0 fully saturated rings. The Labute approximate surface area is 128 Å². The van der Waals surface area contributed by atoms with E-state index in [0.717, 1.165) is 6.54 Å². The molecule has 0 aliphatic rings. The van der Waals surface area contributed by atoms with Gasteiger partial charge in [-0.25, -0.2) is 0 Å². The van der Waals surface area contributed by atoms with E-state index in [4.69, 9.17) is 0 Å². The van der Waals surface area contributed by atoms with E-state index in [1.54, 1.807) is 0 Å². The van der Waals surface area contributed by atoms with Crippen molar-refractivity contribution in [2.24, 2.45) is 0 Å². The summed E-state index contributed by atoms with van der Waals surface area (Å²) in [7, 11) is 4.20. The smallest absolute Gasteiger partial charge is 0.0485 e. The number of rotatable bonds is 5. The molecule has 2 heteroatoms. The van der Waals surface area contributed by atoms with Crippen LogP contribution in [0.5, 0.6) is 0 Å². The van der Waals surface area contributed by atoms with Gasteiger partial charge in [0.15, 0.2) is 0 Å². The summed E-state index contributed by atoms with van der Waals surface area (Å²) in [5.74, 6) is 0. The molecule has 2 aromatic carbocycles. The highest BCUT2D eigenvalue weighted by molar-refractivity contribution is 5.52. The summed E-state index contributed by atoms with van der Waals surface area (Å²) in [6.07, 6.45) is 0. The average molecular weight is 282 g/mol. The molecule has 0 aliphatic carbocycles. The molecule has 0 aliphatic heterocycles. The van der Waals surface area contributed by atoms with Gasteiger partial charge in [-0.15, -0.1) is 0 Å². The maximum absolute atomic E-state index is 3.65. The Kier molecular flexibility index (Phi) is 5.03. The van der Waals surface area contributed by atoms with Crippen LogP contribution in [0.4, 0.5) is 5.69 Å². The molecule has 0 saturated carbocycles. The molecular formula is C19H26N2. The SMILES string of the molecule is Cc1ccc(C(C)Nc2ccccc2CN(C)C)cc1C. The second-order valence-corrected chi connectivity index (χ2v) is 6.10. The molecule has 0 saturated heterocycles. The minimum atomic E-state index is 0.299. The van der Waals surface area contributed by atoms with Crippen molar-refractivity contribution >= 4 is 5.69 Å². The first-order chi connectivity index (χ1) is 9.97. The van der Waals surface area contributed by atoms with Gasteiger partial charge >= 0.3 is 0 Å². The first kappa shape index (κ1) is 15.6. The molecule has 0 heterocycles. The standard InChI is InChI=1S/C19H26N2/c1-14-10-11-17(12-15(14)2)16(3)20-19-9-7-6-8-18(19)13-21(4)5/h6-12,16,20H,13H2,1-5H3. The lowest BCUT2D eigenvalue weighted by molar-refractivity contribution is 0.403. The predicted octanol–water partition coefficient (Wildman–Crippen LogP) is 4.54. The minimum Gasteiger partial charge on any atom is -0.378 e. The topological polar surface area (TPSA) is 15.3 Å². The molecule has 2 rings (SSSR count). The fourth-order valence-electron chi connectivity index (χ4n) is 2.49. The van der Waals surface area contributed by atoms with Crippen LogP contribution in [0.25, 0.3) is 0 Å². The molecule has 0 amide bonds. The lowest BCUT2D eigenvalue weighted by Gasteiger charge is -2.21. The molecule has 2 nitrogen and oxygen atoms in total. The molecule has 21 heavy (non-hydrogen) atoms. The molecule has 0 radical (unpaired) electrons. The molecule has 2 aromatic rings. The second kappa shape index (κ2) is 6.77. The van der Waals surface area contributed by atoms with Crippen LogP contribution in [0.3, 0.4) is 0 Å². The van der Waals surface area contributed by atoms with E-state index in [2.05, 4.69) is 87.5 Å². The van der Waals surface area contributed by atoms with Gasteiger partial charge in [-0.1, -0.05) is 36.4 Å². The van der Waals surface area contributed by atoms with Gasteiger partial charge in [0.1, 0.15) is 0 Å². The van der Waals surface area contributed by atoms with Crippen LogP contribution < -0.4 is 5.32 Å². The van der Waals surface area contributed by atoms with Crippen molar-refractivity contribution in [3.8, 4) is 0 Å². The number of hydrogen-bond acceptors (Lipinski definition) is 2. The largest absolute Gasteiger partial charge is 0.378 e. The van der Waals surface area contributed by atoms with Gasteiger partial charge in [0.25, 0.3) is 0 Å². The molecular weight excluding hydrogens is 256 g/mol. The normalized spacial score (nSPS) is 12.5. The Bertz CT molecular complexity index is 602. The average Bonchev–Trinajstić information content (AvgIpc) is 2.43. The lowest BCUT2D eigenvalue weighted by Crippen LogP contribution is -2.14. The maximum atomic E-state index is 3.65. The van der Waals surface area contributed by atoms with Gasteiger partial charge < -0.3 is 10.2 Å². The highest BCUT2D eigenvalue weighted by Crippen LogP contribution is 2.24. The third kappa shape index (κ3) is 4.08. The van der Waals surface area contributed by atoms with Gasteiger partial charge in [-0.05, 0) is 63.2 Å². The van der Waals surface area contributed by atoms with Crippen LogP contribution in [0.1, 0.15) is 35.2 Å². The first-order valence-electron chi connectivity index (χ1n) is 7.53. The van der Waals surface area contributed by atoms with Gasteiger partial charge in [0.05, 0.1) is 0 Å². The number of benzene rings is 2. The molecule has 0 bridgehead atoms. The molecule has 0 spiro atoms. The highest BCUT2D eigenvalue weighted by atomic mass is 15.1. The summed E-state index contributed by atoms with van der Waals surface area (Å²) in [4.78, 5) is 2.20. The van der Waals surface area contributed by atoms with E-state index in [1.807, 2.05) is 0 Å². The van der Waals surface area contributed by atoms with Crippen LogP contribution in [0, 0.1) is 13.8 Å². The zero-order valence-electron chi connectivity index (χ0n) is 13.8. The monoisotopic (exact) mass is 282 g/mol. The summed E-state index contributed by atoms with van der Waals surface area (Å²) < 4.78 is 0. The molecule has 1 N–H and O–H groups in total. The summed E-state index contributed by atoms with van der Waals surface area (Å²) in [6.45, 7) is 7.49. The maximum Gasteiger partial charge on any atom is 0.0485 e. The van der Waals surface area contributed by atoms with Gasteiger partial charge in [-0.3, -0.25) is 0 Å². The van der Waals surface area contributed by atoms with Crippen molar-refractivity contribution in [2.45, 2.75) is 33.4 Å². The number of nitrogens with one attached hydrogen (secondary N) is 1. The van der Waals surface area contributed by atoms with Crippen LogP contribution in [-0.2, 0) is 6.54 Å². The van der Waals surface area contributed by atoms with E-state index >= 15 is 0 Å². The zero-order chi connectivity index (χ0) is 15.4. The predicted molar refractivity (Wildman–Crippen MR) is 91.8 cm³/mol. The highest BCUT2D eigenvalue weighted by Gasteiger charge is 2.09. The van der Waals surface area contributed by atoms with Crippen molar-refractivity contribution in [3.05, 3.63) is 64.7 Å². The molecule has 0 aromatic heterocycles. The van der Waals surface area contributed by atoms with Crippen molar-refractivity contribution in [1.29, 1.82) is 0 Å². The summed E-state index contributed by atoms with van der Waals surface area (Å²) >= 11 is 0. The van der Waals surface area contributed by atoms with Gasteiger partial charge in [-0.2, -0.15) is 0 Å². The number of hydrogen-bond donors (Lipinski definition) is 1. The number of para-hydroxylation sites is 1.